The molecule has 1 fully saturated rings. The lowest BCUT2D eigenvalue weighted by molar-refractivity contribution is -0.384. The third kappa shape index (κ3) is 4.14. The lowest BCUT2D eigenvalue weighted by Gasteiger charge is -2.37. The van der Waals surface area contributed by atoms with Gasteiger partial charge in [0, 0.05) is 49.8 Å². The molecule has 1 heterocycles. The Bertz CT molecular complexity index is 1010. The molecule has 0 radical (unpaired) electrons. The van der Waals surface area contributed by atoms with Crippen molar-refractivity contribution >= 4 is 32.7 Å². The second-order valence-corrected chi connectivity index (χ2v) is 8.77. The molecular weight excluding hydrogens is 382 g/mol. The quantitative estimate of drug-likeness (QED) is 0.429. The average molecular weight is 403 g/mol. The molecule has 148 valence electrons. The summed E-state index contributed by atoms with van der Waals surface area (Å²) in [4.78, 5) is 26.3. The maximum atomic E-state index is 11.7. The van der Waals surface area contributed by atoms with Crippen LogP contribution in [-0.4, -0.2) is 51.6 Å². The van der Waals surface area contributed by atoms with Crippen molar-refractivity contribution < 1.29 is 18.1 Å². The first-order valence-corrected chi connectivity index (χ1v) is 10.7. The molecule has 0 N–H and O–H groups in total. The molecule has 0 amide bonds. The lowest BCUT2D eigenvalue weighted by atomic mass is 10.1. The summed E-state index contributed by atoms with van der Waals surface area (Å²) < 4.78 is 23.4. The number of Topliss-reactive ketones (excluding diaryl/α,β-unsaturated/α-hetero) is 1. The number of nitro benzene ring substituents is 1. The van der Waals surface area contributed by atoms with Crippen LogP contribution in [0, 0.1) is 10.1 Å². The van der Waals surface area contributed by atoms with Gasteiger partial charge in [-0.15, -0.1) is 0 Å². The van der Waals surface area contributed by atoms with Crippen LogP contribution >= 0.6 is 0 Å². The second kappa shape index (κ2) is 7.59. The van der Waals surface area contributed by atoms with Crippen LogP contribution in [0.1, 0.15) is 17.3 Å². The Morgan fingerprint density at radius 3 is 2.07 bits per heavy atom. The largest absolute Gasteiger partial charge is 0.368 e. The van der Waals surface area contributed by atoms with Crippen LogP contribution < -0.4 is 9.80 Å². The number of carbonyl (C=O) groups is 1. The van der Waals surface area contributed by atoms with E-state index in [1.54, 1.807) is 12.1 Å². The van der Waals surface area contributed by atoms with Gasteiger partial charge in [-0.2, -0.15) is 0 Å². The van der Waals surface area contributed by atoms with Gasteiger partial charge in [0.05, 0.1) is 9.82 Å². The van der Waals surface area contributed by atoms with Gasteiger partial charge in [-0.05, 0) is 43.3 Å². The third-order valence-electron chi connectivity index (χ3n) is 4.83. The Morgan fingerprint density at radius 1 is 1.00 bits per heavy atom. The molecule has 0 atom stereocenters. The van der Waals surface area contributed by atoms with E-state index in [0.29, 0.717) is 37.4 Å². The first-order valence-electron chi connectivity index (χ1n) is 8.76. The normalized spacial score (nSPS) is 14.8. The number of ketones is 1. The van der Waals surface area contributed by atoms with E-state index in [1.807, 2.05) is 17.0 Å². The highest BCUT2D eigenvalue weighted by atomic mass is 32.2. The predicted octanol–water partition coefficient (Wildman–Crippen LogP) is 2.53. The second-order valence-electron chi connectivity index (χ2n) is 6.76. The first-order chi connectivity index (χ1) is 13.2. The number of nitro groups is 1. The number of anilines is 2. The highest BCUT2D eigenvalue weighted by molar-refractivity contribution is 7.90. The highest BCUT2D eigenvalue weighted by Crippen LogP contribution is 2.32. The minimum atomic E-state index is -3.52. The van der Waals surface area contributed by atoms with Crippen LogP contribution in [-0.2, 0) is 9.84 Å². The van der Waals surface area contributed by atoms with Gasteiger partial charge in [0.25, 0.3) is 5.69 Å². The Labute approximate surface area is 163 Å². The van der Waals surface area contributed by atoms with E-state index >= 15 is 0 Å². The molecule has 3 rings (SSSR count). The molecule has 8 nitrogen and oxygen atoms in total. The van der Waals surface area contributed by atoms with Crippen LogP contribution in [0.3, 0.4) is 0 Å². The van der Waals surface area contributed by atoms with E-state index in [-0.39, 0.29) is 16.4 Å². The van der Waals surface area contributed by atoms with E-state index < -0.39 is 14.8 Å². The van der Waals surface area contributed by atoms with Gasteiger partial charge in [-0.25, -0.2) is 8.42 Å². The number of hydrogen-bond donors (Lipinski definition) is 0. The number of rotatable bonds is 5. The van der Waals surface area contributed by atoms with Crippen LogP contribution in [0.4, 0.5) is 17.1 Å². The molecule has 1 aliphatic rings. The van der Waals surface area contributed by atoms with Crippen molar-refractivity contribution in [3.8, 4) is 0 Å². The Kier molecular flexibility index (Phi) is 5.37. The maximum absolute atomic E-state index is 11.7. The Hall–Kier alpha value is -2.94. The zero-order chi connectivity index (χ0) is 20.5. The molecule has 0 spiro atoms. The van der Waals surface area contributed by atoms with Gasteiger partial charge in [0.1, 0.15) is 5.69 Å². The fourth-order valence-electron chi connectivity index (χ4n) is 3.26. The Morgan fingerprint density at radius 2 is 1.57 bits per heavy atom. The smallest absolute Gasteiger partial charge is 0.293 e. The number of carbonyl (C=O) groups excluding carboxylic acids is 1. The fraction of sp³-hybridized carbons (Fsp3) is 0.316. The summed E-state index contributed by atoms with van der Waals surface area (Å²) in [5.41, 5.74) is 1.86. The van der Waals surface area contributed by atoms with Crippen molar-refractivity contribution in [2.45, 2.75) is 11.8 Å². The Balaban J connectivity index is 1.77. The summed E-state index contributed by atoms with van der Waals surface area (Å²) in [6.07, 6.45) is 1.03. The van der Waals surface area contributed by atoms with E-state index in [9.17, 15) is 23.3 Å². The van der Waals surface area contributed by atoms with Gasteiger partial charge in [-0.3, -0.25) is 14.9 Å². The summed E-state index contributed by atoms with van der Waals surface area (Å²) in [5.74, 6) is 0.0150. The number of piperazine rings is 1. The number of nitrogens with zero attached hydrogens (tertiary/aromatic N) is 3. The third-order valence-corrected chi connectivity index (χ3v) is 5.94. The molecule has 28 heavy (non-hydrogen) atoms. The van der Waals surface area contributed by atoms with Crippen LogP contribution in [0.25, 0.3) is 0 Å². The van der Waals surface area contributed by atoms with E-state index in [1.165, 1.54) is 19.1 Å². The van der Waals surface area contributed by atoms with Gasteiger partial charge < -0.3 is 9.80 Å². The van der Waals surface area contributed by atoms with Gasteiger partial charge in [-0.1, -0.05) is 0 Å². The summed E-state index contributed by atoms with van der Waals surface area (Å²) >= 11 is 0. The zero-order valence-corrected chi connectivity index (χ0v) is 16.5. The van der Waals surface area contributed by atoms with Gasteiger partial charge in [0.15, 0.2) is 15.6 Å². The lowest BCUT2D eigenvalue weighted by Crippen LogP contribution is -2.46. The average Bonchev–Trinajstić information content (AvgIpc) is 2.67. The molecule has 9 heteroatoms. The van der Waals surface area contributed by atoms with E-state index in [2.05, 4.69) is 4.90 Å². The monoisotopic (exact) mass is 403 g/mol. The molecule has 0 saturated carbocycles. The summed E-state index contributed by atoms with van der Waals surface area (Å²) in [6.45, 7) is 3.96. The summed E-state index contributed by atoms with van der Waals surface area (Å²) in [7, 11) is -3.52. The van der Waals surface area contributed by atoms with Crippen LogP contribution in [0.2, 0.25) is 0 Å². The van der Waals surface area contributed by atoms with Crippen molar-refractivity contribution in [3.63, 3.8) is 0 Å². The molecular formula is C19H21N3O5S. The molecule has 0 unspecified atom stereocenters. The van der Waals surface area contributed by atoms with Crippen molar-refractivity contribution in [2.24, 2.45) is 0 Å². The molecule has 1 saturated heterocycles. The van der Waals surface area contributed by atoms with Crippen molar-refractivity contribution in [2.75, 3.05) is 42.2 Å². The zero-order valence-electron chi connectivity index (χ0n) is 15.7. The number of sulfone groups is 1. The van der Waals surface area contributed by atoms with E-state index in [0.717, 1.165) is 18.0 Å². The topological polar surface area (TPSA) is 101 Å². The van der Waals surface area contributed by atoms with E-state index in [4.69, 9.17) is 0 Å². The predicted molar refractivity (Wildman–Crippen MR) is 107 cm³/mol. The molecule has 1 aliphatic heterocycles. The van der Waals surface area contributed by atoms with Gasteiger partial charge in [0.2, 0.25) is 0 Å². The minimum absolute atomic E-state index is 0.0150. The molecule has 0 bridgehead atoms. The molecule has 0 aromatic heterocycles. The maximum Gasteiger partial charge on any atom is 0.293 e. The van der Waals surface area contributed by atoms with Gasteiger partial charge >= 0.3 is 0 Å². The van der Waals surface area contributed by atoms with Crippen LogP contribution in [0.5, 0.6) is 0 Å². The molecule has 0 aliphatic carbocycles. The number of benzene rings is 2. The van der Waals surface area contributed by atoms with Crippen LogP contribution in [0.15, 0.2) is 47.4 Å². The highest BCUT2D eigenvalue weighted by Gasteiger charge is 2.25. The van der Waals surface area contributed by atoms with Crippen molar-refractivity contribution in [3.05, 3.63) is 58.1 Å². The first kappa shape index (κ1) is 19.8. The molecule has 2 aromatic rings. The fourth-order valence-corrected chi connectivity index (χ4v) is 3.90. The SMILES string of the molecule is CC(=O)c1ccc(N2CCN(c3ccc(S(C)(=O)=O)cc3[N+](=O)[O-])CC2)cc1. The minimum Gasteiger partial charge on any atom is -0.368 e. The standard InChI is InChI=1S/C19H21N3O5S/c1-14(23)15-3-5-16(6-4-15)20-9-11-21(12-10-20)18-8-7-17(28(2,26)27)13-19(18)22(24)25/h3-8,13H,9-12H2,1-2H3. The summed E-state index contributed by atoms with van der Waals surface area (Å²) in [6, 6.07) is 11.4. The summed E-state index contributed by atoms with van der Waals surface area (Å²) in [5, 5.41) is 11.5. The van der Waals surface area contributed by atoms with Crippen molar-refractivity contribution in [1.82, 2.24) is 0 Å². The number of hydrogen-bond acceptors (Lipinski definition) is 7. The van der Waals surface area contributed by atoms with Crippen molar-refractivity contribution in [1.29, 1.82) is 0 Å². The molecule has 2 aromatic carbocycles.